The van der Waals surface area contributed by atoms with Gasteiger partial charge < -0.3 is 14.5 Å². The molecule has 28 heavy (non-hydrogen) atoms. The lowest BCUT2D eigenvalue weighted by Gasteiger charge is -2.09. The van der Waals surface area contributed by atoms with Crippen LogP contribution in [0.5, 0.6) is 5.75 Å². The van der Waals surface area contributed by atoms with E-state index in [2.05, 4.69) is 5.32 Å². The van der Waals surface area contributed by atoms with Crippen molar-refractivity contribution in [1.29, 1.82) is 0 Å². The maximum atomic E-state index is 12.2. The highest BCUT2D eigenvalue weighted by molar-refractivity contribution is 7.99. The lowest BCUT2D eigenvalue weighted by Crippen LogP contribution is -2.14. The zero-order chi connectivity index (χ0) is 20.3. The molecule has 0 aliphatic carbocycles. The summed E-state index contributed by atoms with van der Waals surface area (Å²) in [5, 5.41) is 4.14. The van der Waals surface area contributed by atoms with E-state index in [1.54, 1.807) is 18.2 Å². The van der Waals surface area contributed by atoms with Gasteiger partial charge in [0.2, 0.25) is 5.91 Å². The zero-order valence-electron chi connectivity index (χ0n) is 15.8. The molecule has 5 nitrogen and oxygen atoms in total. The first-order valence-corrected chi connectivity index (χ1v) is 10.2. The number of benzene rings is 2. The van der Waals surface area contributed by atoms with Crippen LogP contribution in [0.4, 0.5) is 5.69 Å². The summed E-state index contributed by atoms with van der Waals surface area (Å²) in [7, 11) is 1.53. The molecule has 0 saturated heterocycles. The lowest BCUT2D eigenvalue weighted by atomic mass is 10.0. The molecule has 2 aromatic carbocycles. The summed E-state index contributed by atoms with van der Waals surface area (Å²) in [5.74, 6) is 1.18. The largest absolute Gasteiger partial charge is 0.495 e. The van der Waals surface area contributed by atoms with E-state index in [0.717, 1.165) is 22.1 Å². The molecule has 7 heteroatoms. The van der Waals surface area contributed by atoms with Gasteiger partial charge in [-0.1, -0.05) is 11.6 Å². The van der Waals surface area contributed by atoms with Gasteiger partial charge in [0.25, 0.3) is 0 Å². The van der Waals surface area contributed by atoms with E-state index in [1.165, 1.54) is 24.9 Å². The van der Waals surface area contributed by atoms with Crippen LogP contribution in [0.25, 0.3) is 11.0 Å². The highest BCUT2D eigenvalue weighted by Crippen LogP contribution is 2.28. The van der Waals surface area contributed by atoms with E-state index in [0.29, 0.717) is 27.8 Å². The third kappa shape index (κ3) is 4.69. The second-order valence-electron chi connectivity index (χ2n) is 6.41. The number of rotatable bonds is 6. The van der Waals surface area contributed by atoms with E-state index in [-0.39, 0.29) is 17.3 Å². The molecule has 1 amide bonds. The molecule has 0 atom stereocenters. The number of amides is 1. The number of hydrogen-bond acceptors (Lipinski definition) is 5. The van der Waals surface area contributed by atoms with Gasteiger partial charge in [-0.2, -0.15) is 0 Å². The van der Waals surface area contributed by atoms with Crippen molar-refractivity contribution < 1.29 is 13.9 Å². The number of carbonyl (C=O) groups is 1. The molecule has 0 radical (unpaired) electrons. The summed E-state index contributed by atoms with van der Waals surface area (Å²) in [4.78, 5) is 24.1. The van der Waals surface area contributed by atoms with Crippen LogP contribution in [0.1, 0.15) is 16.7 Å². The summed E-state index contributed by atoms with van der Waals surface area (Å²) < 4.78 is 10.4. The Balaban J connectivity index is 1.66. The van der Waals surface area contributed by atoms with Crippen molar-refractivity contribution in [2.45, 2.75) is 19.6 Å². The van der Waals surface area contributed by atoms with Crippen molar-refractivity contribution in [3.05, 3.63) is 68.5 Å². The second-order valence-corrected chi connectivity index (χ2v) is 7.81. The van der Waals surface area contributed by atoms with Gasteiger partial charge in [0.1, 0.15) is 11.3 Å². The number of nitrogens with one attached hydrogen (secondary N) is 1. The van der Waals surface area contributed by atoms with Gasteiger partial charge in [-0.15, -0.1) is 11.8 Å². The number of aryl methyl sites for hydroxylation is 2. The summed E-state index contributed by atoms with van der Waals surface area (Å²) in [6, 6.07) is 10.5. The smallest absolute Gasteiger partial charge is 0.336 e. The van der Waals surface area contributed by atoms with Gasteiger partial charge in [0.05, 0.1) is 17.9 Å². The van der Waals surface area contributed by atoms with Crippen LogP contribution in [0.3, 0.4) is 0 Å². The van der Waals surface area contributed by atoms with E-state index in [1.807, 2.05) is 26.0 Å². The molecule has 1 aromatic heterocycles. The van der Waals surface area contributed by atoms with Gasteiger partial charge >= 0.3 is 5.63 Å². The van der Waals surface area contributed by atoms with Gasteiger partial charge in [-0.3, -0.25) is 4.79 Å². The molecule has 0 saturated carbocycles. The topological polar surface area (TPSA) is 68.5 Å². The van der Waals surface area contributed by atoms with Crippen molar-refractivity contribution in [2.75, 3.05) is 18.2 Å². The average Bonchev–Trinajstić information content (AvgIpc) is 2.63. The van der Waals surface area contributed by atoms with Gasteiger partial charge in [-0.25, -0.2) is 4.79 Å². The molecule has 1 heterocycles. The molecule has 0 aliphatic rings. The Morgan fingerprint density at radius 1 is 1.18 bits per heavy atom. The zero-order valence-corrected chi connectivity index (χ0v) is 17.4. The first-order valence-electron chi connectivity index (χ1n) is 8.62. The van der Waals surface area contributed by atoms with Gasteiger partial charge in [0.15, 0.2) is 0 Å². The predicted molar refractivity (Wildman–Crippen MR) is 115 cm³/mol. The van der Waals surface area contributed by atoms with Crippen LogP contribution in [0, 0.1) is 13.8 Å². The van der Waals surface area contributed by atoms with Gasteiger partial charge in [-0.05, 0) is 60.9 Å². The maximum Gasteiger partial charge on any atom is 0.336 e. The summed E-state index contributed by atoms with van der Waals surface area (Å²) in [5.41, 5.74) is 3.85. The van der Waals surface area contributed by atoms with Crippen molar-refractivity contribution in [3.8, 4) is 5.75 Å². The van der Waals surface area contributed by atoms with E-state index >= 15 is 0 Å². The highest BCUT2D eigenvalue weighted by atomic mass is 35.5. The SMILES string of the molecule is COc1ccc(NC(=O)CSCc2cc(=O)oc3cc(C)c(C)cc23)cc1Cl. The van der Waals surface area contributed by atoms with Crippen LogP contribution < -0.4 is 15.7 Å². The number of ether oxygens (including phenoxy) is 1. The minimum atomic E-state index is -0.385. The predicted octanol–water partition coefficient (Wildman–Crippen LogP) is 4.94. The van der Waals surface area contributed by atoms with E-state index < -0.39 is 0 Å². The fourth-order valence-electron chi connectivity index (χ4n) is 2.80. The first kappa shape index (κ1) is 20.3. The molecule has 0 spiro atoms. The Morgan fingerprint density at radius 2 is 1.93 bits per heavy atom. The quantitative estimate of drug-likeness (QED) is 0.575. The number of fused-ring (bicyclic) bond motifs is 1. The molecular weight excluding hydrogens is 398 g/mol. The number of anilines is 1. The standard InChI is InChI=1S/C21H20ClNO4S/c1-12-6-16-14(8-21(25)27-19(16)7-13(12)2)10-28-11-20(24)23-15-4-5-18(26-3)17(22)9-15/h4-9H,10-11H2,1-3H3,(H,23,24). The average molecular weight is 418 g/mol. The van der Waals surface area contributed by atoms with Crippen LogP contribution in [0.15, 0.2) is 45.6 Å². The maximum absolute atomic E-state index is 12.2. The monoisotopic (exact) mass is 417 g/mol. The van der Waals surface area contributed by atoms with Crippen molar-refractivity contribution in [1.82, 2.24) is 0 Å². The number of carbonyl (C=O) groups excluding carboxylic acids is 1. The lowest BCUT2D eigenvalue weighted by molar-refractivity contribution is -0.113. The van der Waals surface area contributed by atoms with Crippen LogP contribution in [0.2, 0.25) is 5.02 Å². The third-order valence-electron chi connectivity index (χ3n) is 4.37. The van der Waals surface area contributed by atoms with E-state index in [4.69, 9.17) is 20.8 Å². The Bertz CT molecular complexity index is 1090. The van der Waals surface area contributed by atoms with Crippen LogP contribution in [-0.2, 0) is 10.5 Å². The number of hydrogen-bond donors (Lipinski definition) is 1. The van der Waals surface area contributed by atoms with Crippen LogP contribution in [-0.4, -0.2) is 18.8 Å². The van der Waals surface area contributed by atoms with Crippen LogP contribution >= 0.6 is 23.4 Å². The molecule has 0 fully saturated rings. The Morgan fingerprint density at radius 3 is 2.64 bits per heavy atom. The van der Waals surface area contributed by atoms with Crippen molar-refractivity contribution in [2.24, 2.45) is 0 Å². The second kappa shape index (κ2) is 8.71. The molecule has 3 aromatic rings. The molecule has 0 aliphatic heterocycles. The Hall–Kier alpha value is -2.44. The summed E-state index contributed by atoms with van der Waals surface area (Å²) in [6.07, 6.45) is 0. The van der Waals surface area contributed by atoms with Gasteiger partial charge in [0, 0.05) is 22.9 Å². The molecular formula is C21H20ClNO4S. The minimum Gasteiger partial charge on any atom is -0.495 e. The van der Waals surface area contributed by atoms with Crippen molar-refractivity contribution in [3.63, 3.8) is 0 Å². The minimum absolute atomic E-state index is 0.148. The highest BCUT2D eigenvalue weighted by Gasteiger charge is 2.10. The third-order valence-corrected chi connectivity index (χ3v) is 5.65. The number of thioether (sulfide) groups is 1. The van der Waals surface area contributed by atoms with Crippen molar-refractivity contribution >= 4 is 45.9 Å². The summed E-state index contributed by atoms with van der Waals surface area (Å²) >= 11 is 7.50. The number of halogens is 1. The number of methoxy groups -OCH3 is 1. The Labute approximate surface area is 172 Å². The normalized spacial score (nSPS) is 10.9. The fraction of sp³-hybridized carbons (Fsp3) is 0.238. The summed E-state index contributed by atoms with van der Waals surface area (Å²) in [6.45, 7) is 4.00. The fourth-order valence-corrected chi connectivity index (χ4v) is 3.87. The molecule has 3 rings (SSSR count). The molecule has 0 bridgehead atoms. The molecule has 146 valence electrons. The molecule has 1 N–H and O–H groups in total. The van der Waals surface area contributed by atoms with E-state index in [9.17, 15) is 9.59 Å². The molecule has 0 unspecified atom stereocenters. The Kier molecular flexibility index (Phi) is 6.31. The first-order chi connectivity index (χ1) is 13.4.